The molecule has 8 heteroatoms. The van der Waals surface area contributed by atoms with Crippen LogP contribution in [0, 0.1) is 12.7 Å². The Hall–Kier alpha value is -3.03. The zero-order chi connectivity index (χ0) is 17.7. The van der Waals surface area contributed by atoms with Crippen LogP contribution < -0.4 is 5.32 Å². The molecule has 128 valence electrons. The van der Waals surface area contributed by atoms with Gasteiger partial charge in [-0.2, -0.15) is 5.10 Å². The van der Waals surface area contributed by atoms with Crippen molar-refractivity contribution < 1.29 is 8.78 Å². The number of imidazole rings is 1. The minimum atomic E-state index is -1.45. The number of alkyl halides is 1. The highest BCUT2D eigenvalue weighted by Gasteiger charge is 2.23. The molecule has 0 saturated carbocycles. The van der Waals surface area contributed by atoms with Crippen LogP contribution in [0.3, 0.4) is 0 Å². The van der Waals surface area contributed by atoms with Gasteiger partial charge in [-0.25, -0.2) is 13.8 Å². The van der Waals surface area contributed by atoms with Crippen LogP contribution >= 0.6 is 0 Å². The van der Waals surface area contributed by atoms with Crippen LogP contribution in [0.1, 0.15) is 24.2 Å². The number of H-pyrrole nitrogens is 1. The van der Waals surface area contributed by atoms with Crippen molar-refractivity contribution in [3.05, 3.63) is 41.7 Å². The van der Waals surface area contributed by atoms with Crippen LogP contribution in [-0.4, -0.2) is 31.6 Å². The van der Waals surface area contributed by atoms with Gasteiger partial charge in [0.2, 0.25) is 0 Å². The van der Waals surface area contributed by atoms with E-state index < -0.39 is 12.0 Å². The largest absolute Gasteiger partial charge is 0.372 e. The summed E-state index contributed by atoms with van der Waals surface area (Å²) in [7, 11) is 1.78. The second-order valence-electron chi connectivity index (χ2n) is 5.92. The molecule has 4 aromatic rings. The first kappa shape index (κ1) is 15.5. The number of aromatic nitrogens is 5. The fourth-order valence-electron chi connectivity index (χ4n) is 3.16. The molecule has 25 heavy (non-hydrogen) atoms. The van der Waals surface area contributed by atoms with Crippen molar-refractivity contribution in [1.29, 1.82) is 0 Å². The van der Waals surface area contributed by atoms with Crippen LogP contribution in [0.2, 0.25) is 0 Å². The van der Waals surface area contributed by atoms with Crippen LogP contribution in [0.4, 0.5) is 14.6 Å². The van der Waals surface area contributed by atoms with Crippen molar-refractivity contribution in [2.24, 2.45) is 0 Å². The second kappa shape index (κ2) is 5.51. The maximum Gasteiger partial charge on any atom is 0.157 e. The average Bonchev–Trinajstić information content (AvgIpc) is 3.21. The highest BCUT2D eigenvalue weighted by atomic mass is 19.1. The molecule has 2 N–H and O–H groups in total. The van der Waals surface area contributed by atoms with E-state index in [0.29, 0.717) is 39.2 Å². The Labute approximate surface area is 141 Å². The molecule has 1 atom stereocenters. The lowest BCUT2D eigenvalue weighted by Gasteiger charge is -2.14. The van der Waals surface area contributed by atoms with E-state index in [1.54, 1.807) is 32.6 Å². The summed E-state index contributed by atoms with van der Waals surface area (Å²) in [5.74, 6) is 0.127. The lowest BCUT2D eigenvalue weighted by molar-refractivity contribution is 0.363. The fraction of sp³-hybridized carbons (Fsp3) is 0.235. The molecule has 0 spiro atoms. The molecule has 4 rings (SSSR count). The zero-order valence-electron chi connectivity index (χ0n) is 13.9. The minimum Gasteiger partial charge on any atom is -0.372 e. The zero-order valence-corrected chi connectivity index (χ0v) is 13.9. The van der Waals surface area contributed by atoms with Crippen molar-refractivity contribution in [2.75, 3.05) is 12.4 Å². The summed E-state index contributed by atoms with van der Waals surface area (Å²) in [4.78, 5) is 8.76. The van der Waals surface area contributed by atoms with Gasteiger partial charge in [0.05, 0.1) is 29.8 Å². The summed E-state index contributed by atoms with van der Waals surface area (Å²) >= 11 is 0. The number of rotatable bonds is 3. The third kappa shape index (κ3) is 2.25. The van der Waals surface area contributed by atoms with E-state index >= 15 is 0 Å². The third-order valence-electron chi connectivity index (χ3n) is 4.37. The van der Waals surface area contributed by atoms with Gasteiger partial charge in [0.1, 0.15) is 17.8 Å². The topological polar surface area (TPSA) is 70.9 Å². The highest BCUT2D eigenvalue weighted by Crippen LogP contribution is 2.37. The maximum atomic E-state index is 14.8. The predicted octanol–water partition coefficient (Wildman–Crippen LogP) is 3.79. The number of anilines is 1. The van der Waals surface area contributed by atoms with E-state index in [0.717, 1.165) is 0 Å². The Kier molecular flexibility index (Phi) is 3.41. The molecule has 1 unspecified atom stereocenters. The average molecular weight is 342 g/mol. The predicted molar refractivity (Wildman–Crippen MR) is 91.8 cm³/mol. The van der Waals surface area contributed by atoms with Gasteiger partial charge in [-0.1, -0.05) is 0 Å². The van der Waals surface area contributed by atoms with Crippen molar-refractivity contribution in [3.8, 4) is 11.3 Å². The van der Waals surface area contributed by atoms with Crippen LogP contribution in [0.15, 0.2) is 24.8 Å². The summed E-state index contributed by atoms with van der Waals surface area (Å²) in [6.07, 6.45) is 5.33. The molecule has 0 aliphatic heterocycles. The smallest absolute Gasteiger partial charge is 0.157 e. The van der Waals surface area contributed by atoms with Gasteiger partial charge < -0.3 is 9.72 Å². The van der Waals surface area contributed by atoms with Gasteiger partial charge in [0.15, 0.2) is 5.65 Å². The number of hydrogen-bond donors (Lipinski definition) is 2. The molecule has 0 aliphatic rings. The van der Waals surface area contributed by atoms with Crippen molar-refractivity contribution in [2.45, 2.75) is 20.0 Å². The molecule has 1 aromatic carbocycles. The molecule has 0 bridgehead atoms. The van der Waals surface area contributed by atoms with Gasteiger partial charge in [-0.3, -0.25) is 10.1 Å². The molecular formula is C17H16F2N6. The molecule has 0 aliphatic carbocycles. The highest BCUT2D eigenvalue weighted by molar-refractivity contribution is 5.97. The van der Waals surface area contributed by atoms with Crippen LogP contribution in [0.5, 0.6) is 0 Å². The summed E-state index contributed by atoms with van der Waals surface area (Å²) in [5.41, 5.74) is 2.52. The molecular weight excluding hydrogens is 326 g/mol. The number of fused-ring (bicyclic) bond motifs is 2. The Balaban J connectivity index is 2.02. The molecule has 3 heterocycles. The first-order valence-electron chi connectivity index (χ1n) is 7.83. The van der Waals surface area contributed by atoms with E-state index in [9.17, 15) is 8.78 Å². The quantitative estimate of drug-likeness (QED) is 0.594. The number of aromatic amines is 1. The lowest BCUT2D eigenvalue weighted by Crippen LogP contribution is -2.01. The summed E-state index contributed by atoms with van der Waals surface area (Å²) < 4.78 is 30.6. The first-order valence-corrected chi connectivity index (χ1v) is 7.83. The standard InChI is InChI=1S/C17H16F2N6/c1-8-14(10-4-22-24-17(10)15(9(2)18)16(8)19)11-6-25-7-12(20-3)23-13(25)5-21-11/h4-7,9,20H,1-3H3,(H,22,24). The second-order valence-corrected chi connectivity index (χ2v) is 5.92. The van der Waals surface area contributed by atoms with Gasteiger partial charge in [0.25, 0.3) is 0 Å². The fourth-order valence-corrected chi connectivity index (χ4v) is 3.16. The molecule has 0 saturated heterocycles. The molecule has 0 amide bonds. The van der Waals surface area contributed by atoms with E-state index in [1.807, 2.05) is 10.6 Å². The number of benzene rings is 1. The number of nitrogens with zero attached hydrogens (tertiary/aromatic N) is 4. The number of halogens is 2. The first-order chi connectivity index (χ1) is 12.0. The number of nitrogens with one attached hydrogen (secondary N) is 2. The van der Waals surface area contributed by atoms with Crippen molar-refractivity contribution in [3.63, 3.8) is 0 Å². The summed E-state index contributed by atoms with van der Waals surface area (Å²) in [5, 5.41) is 10.3. The Bertz CT molecular complexity index is 1100. The monoisotopic (exact) mass is 342 g/mol. The van der Waals surface area contributed by atoms with E-state index in [-0.39, 0.29) is 5.56 Å². The maximum absolute atomic E-state index is 14.8. The molecule has 3 aromatic heterocycles. The van der Waals surface area contributed by atoms with Gasteiger partial charge in [-0.15, -0.1) is 0 Å². The van der Waals surface area contributed by atoms with Crippen molar-refractivity contribution in [1.82, 2.24) is 24.6 Å². The normalized spacial score (nSPS) is 12.8. The van der Waals surface area contributed by atoms with Gasteiger partial charge >= 0.3 is 0 Å². The van der Waals surface area contributed by atoms with Gasteiger partial charge in [0, 0.05) is 29.8 Å². The Morgan fingerprint density at radius 3 is 2.80 bits per heavy atom. The molecule has 6 nitrogen and oxygen atoms in total. The Morgan fingerprint density at radius 2 is 2.08 bits per heavy atom. The molecule has 0 radical (unpaired) electrons. The Morgan fingerprint density at radius 1 is 1.28 bits per heavy atom. The summed E-state index contributed by atoms with van der Waals surface area (Å²) in [6.45, 7) is 2.94. The SMILES string of the molecule is CNc1cn2cc(-c3c(C)c(F)c(C(C)F)c4[nH]ncc34)ncc2n1. The van der Waals surface area contributed by atoms with Gasteiger partial charge in [-0.05, 0) is 19.4 Å². The molecule has 0 fully saturated rings. The summed E-state index contributed by atoms with van der Waals surface area (Å²) in [6, 6.07) is 0. The van der Waals surface area contributed by atoms with Crippen LogP contribution in [-0.2, 0) is 0 Å². The van der Waals surface area contributed by atoms with E-state index in [4.69, 9.17) is 0 Å². The van der Waals surface area contributed by atoms with E-state index in [2.05, 4.69) is 25.5 Å². The lowest BCUT2D eigenvalue weighted by atomic mass is 9.95. The van der Waals surface area contributed by atoms with Crippen molar-refractivity contribution >= 4 is 22.4 Å². The van der Waals surface area contributed by atoms with E-state index in [1.165, 1.54) is 6.92 Å². The third-order valence-corrected chi connectivity index (χ3v) is 4.37. The number of hydrogen-bond acceptors (Lipinski definition) is 4. The minimum absolute atomic E-state index is 0.00470. The van der Waals surface area contributed by atoms with Crippen LogP contribution in [0.25, 0.3) is 27.8 Å².